The number of hydrogen-bond acceptors (Lipinski definition) is 2. The molecule has 0 saturated heterocycles. The van der Waals surface area contributed by atoms with Crippen LogP contribution in [0, 0.1) is 10.8 Å². The van der Waals surface area contributed by atoms with Crippen molar-refractivity contribution in [3.63, 3.8) is 0 Å². The van der Waals surface area contributed by atoms with Crippen LogP contribution in [0.3, 0.4) is 0 Å². The third-order valence-corrected chi connectivity index (χ3v) is 7.32. The second kappa shape index (κ2) is 8.75. The normalized spacial score (nSPS) is 16.3. The maximum atomic E-state index is 2.55. The molecule has 5 rings (SSSR count). The summed E-state index contributed by atoms with van der Waals surface area (Å²) >= 11 is 0. The van der Waals surface area contributed by atoms with Crippen LogP contribution in [0.15, 0.2) is 97.3 Å². The molecule has 0 spiro atoms. The minimum absolute atomic E-state index is 0.0706. The molecule has 0 aromatic heterocycles. The fourth-order valence-electron chi connectivity index (χ4n) is 6.05. The van der Waals surface area contributed by atoms with Crippen LogP contribution in [0.4, 0.5) is 0 Å². The van der Waals surface area contributed by atoms with Gasteiger partial charge in [-0.25, -0.2) is 0 Å². The van der Waals surface area contributed by atoms with Crippen LogP contribution in [0.5, 0.6) is 0 Å². The summed E-state index contributed by atoms with van der Waals surface area (Å²) < 4.78 is 0. The predicted octanol–water partition coefficient (Wildman–Crippen LogP) is 8.91. The number of hydrogen-bond donors (Lipinski definition) is 0. The van der Waals surface area contributed by atoms with Gasteiger partial charge in [0.1, 0.15) is 0 Å². The molecule has 0 aliphatic carbocycles. The van der Waals surface area contributed by atoms with E-state index in [4.69, 9.17) is 0 Å². The molecule has 0 fully saturated rings. The molecule has 4 aromatic rings. The lowest BCUT2D eigenvalue weighted by Gasteiger charge is -2.43. The highest BCUT2D eigenvalue weighted by atomic mass is 15.4. The Kier molecular flexibility index (Phi) is 5.87. The van der Waals surface area contributed by atoms with Crippen LogP contribution in [0.2, 0.25) is 0 Å². The van der Waals surface area contributed by atoms with Gasteiger partial charge in [0.05, 0.1) is 18.8 Å². The molecule has 0 bridgehead atoms. The molecule has 35 heavy (non-hydrogen) atoms. The van der Waals surface area contributed by atoms with Gasteiger partial charge in [-0.3, -0.25) is 0 Å². The summed E-state index contributed by atoms with van der Waals surface area (Å²) in [5.41, 5.74) is 2.95. The summed E-state index contributed by atoms with van der Waals surface area (Å²) in [7, 11) is 0. The van der Waals surface area contributed by atoms with E-state index in [1.165, 1.54) is 32.7 Å². The van der Waals surface area contributed by atoms with Gasteiger partial charge in [0.25, 0.3) is 0 Å². The Balaban J connectivity index is 1.55. The summed E-state index contributed by atoms with van der Waals surface area (Å²) in [6, 6.07) is 31.6. The van der Waals surface area contributed by atoms with E-state index in [0.29, 0.717) is 0 Å². The van der Waals surface area contributed by atoms with Crippen molar-refractivity contribution in [2.24, 2.45) is 10.8 Å². The van der Waals surface area contributed by atoms with Crippen molar-refractivity contribution in [2.45, 2.75) is 53.6 Å². The van der Waals surface area contributed by atoms with E-state index in [0.717, 1.165) is 6.67 Å². The van der Waals surface area contributed by atoms with Crippen LogP contribution in [0.1, 0.15) is 64.8 Å². The first-order valence-electron chi connectivity index (χ1n) is 12.8. The van der Waals surface area contributed by atoms with Gasteiger partial charge in [-0.1, -0.05) is 126 Å². The van der Waals surface area contributed by atoms with E-state index >= 15 is 0 Å². The SMILES string of the molecule is CC(C)(C)C(c1cccc2ccccc12)N1C=CN([C@H](c2cccc3ccccc23)C(C)(C)C)C1. The van der Waals surface area contributed by atoms with Crippen LogP contribution < -0.4 is 0 Å². The number of fused-ring (bicyclic) bond motifs is 2. The van der Waals surface area contributed by atoms with Gasteiger partial charge in [0.2, 0.25) is 0 Å². The average Bonchev–Trinajstić information content (AvgIpc) is 3.26. The van der Waals surface area contributed by atoms with Crippen molar-refractivity contribution < 1.29 is 0 Å². The first-order valence-corrected chi connectivity index (χ1v) is 12.8. The van der Waals surface area contributed by atoms with E-state index in [-0.39, 0.29) is 22.9 Å². The standard InChI is InChI=1S/C33H38N2/c1-32(2,3)30(28-19-11-15-24-13-7-9-17-26(24)28)34-21-22-35(23-34)31(33(4,5)6)29-20-12-16-25-14-8-10-18-27(25)29/h7-22,30-31H,23H2,1-6H3/t30-,31?/m1/s1. The lowest BCUT2D eigenvalue weighted by atomic mass is 9.79. The van der Waals surface area contributed by atoms with Gasteiger partial charge in [-0.2, -0.15) is 0 Å². The Bertz CT molecular complexity index is 1250. The summed E-state index contributed by atoms with van der Waals surface area (Å²) in [6.45, 7) is 15.0. The summed E-state index contributed by atoms with van der Waals surface area (Å²) in [5.74, 6) is 0. The molecule has 0 saturated carbocycles. The van der Waals surface area contributed by atoms with Crippen molar-refractivity contribution >= 4 is 21.5 Å². The zero-order chi connectivity index (χ0) is 24.8. The van der Waals surface area contributed by atoms with Crippen LogP contribution in [0.25, 0.3) is 21.5 Å². The molecular formula is C33H38N2. The predicted molar refractivity (Wildman–Crippen MR) is 150 cm³/mol. The third-order valence-electron chi connectivity index (χ3n) is 7.32. The zero-order valence-electron chi connectivity index (χ0n) is 22.0. The third kappa shape index (κ3) is 4.43. The Morgan fingerprint density at radius 3 is 1.29 bits per heavy atom. The minimum Gasteiger partial charge on any atom is -0.351 e. The van der Waals surface area contributed by atoms with Crippen LogP contribution in [-0.4, -0.2) is 16.5 Å². The molecule has 1 heterocycles. The van der Waals surface area contributed by atoms with Gasteiger partial charge in [0, 0.05) is 12.4 Å². The number of rotatable bonds is 4. The van der Waals surface area contributed by atoms with Crippen LogP contribution in [-0.2, 0) is 0 Å². The minimum atomic E-state index is 0.0706. The molecule has 2 heteroatoms. The van der Waals surface area contributed by atoms with Crippen molar-refractivity contribution in [3.05, 3.63) is 108 Å². The Morgan fingerprint density at radius 2 is 0.886 bits per heavy atom. The second-order valence-corrected chi connectivity index (χ2v) is 12.1. The number of nitrogens with zero attached hydrogens (tertiary/aromatic N) is 2. The lowest BCUT2D eigenvalue weighted by Crippen LogP contribution is -2.39. The van der Waals surface area contributed by atoms with Crippen molar-refractivity contribution in [3.8, 4) is 0 Å². The molecule has 0 amide bonds. The molecule has 2 atom stereocenters. The molecule has 0 radical (unpaired) electrons. The van der Waals surface area contributed by atoms with Gasteiger partial charge >= 0.3 is 0 Å². The fraction of sp³-hybridized carbons (Fsp3) is 0.333. The molecule has 1 aliphatic rings. The summed E-state index contributed by atoms with van der Waals surface area (Å²) in [6.07, 6.45) is 4.64. The highest BCUT2D eigenvalue weighted by Crippen LogP contribution is 2.46. The highest BCUT2D eigenvalue weighted by molar-refractivity contribution is 5.87. The van der Waals surface area contributed by atoms with E-state index < -0.39 is 0 Å². The maximum absolute atomic E-state index is 2.55. The van der Waals surface area contributed by atoms with E-state index in [1.807, 2.05) is 0 Å². The summed E-state index contributed by atoms with van der Waals surface area (Å²) in [5, 5.41) is 5.32. The van der Waals surface area contributed by atoms with Gasteiger partial charge in [-0.05, 0) is 43.5 Å². The molecule has 1 aliphatic heterocycles. The first kappa shape index (κ1) is 23.5. The highest BCUT2D eigenvalue weighted by Gasteiger charge is 2.38. The largest absolute Gasteiger partial charge is 0.351 e. The molecule has 4 aromatic carbocycles. The molecule has 2 nitrogen and oxygen atoms in total. The second-order valence-electron chi connectivity index (χ2n) is 12.1. The van der Waals surface area contributed by atoms with E-state index in [1.54, 1.807) is 0 Å². The van der Waals surface area contributed by atoms with Gasteiger partial charge in [0.15, 0.2) is 0 Å². The van der Waals surface area contributed by atoms with Gasteiger partial charge in [-0.15, -0.1) is 0 Å². The maximum Gasteiger partial charge on any atom is 0.0906 e. The van der Waals surface area contributed by atoms with Crippen LogP contribution >= 0.6 is 0 Å². The fourth-order valence-corrected chi connectivity index (χ4v) is 6.05. The van der Waals surface area contributed by atoms with Crippen molar-refractivity contribution in [1.29, 1.82) is 0 Å². The molecule has 1 unspecified atom stereocenters. The quantitative estimate of drug-likeness (QED) is 0.299. The van der Waals surface area contributed by atoms with Gasteiger partial charge < -0.3 is 9.80 Å². The Morgan fingerprint density at radius 1 is 0.514 bits per heavy atom. The average molecular weight is 463 g/mol. The first-order chi connectivity index (χ1) is 16.6. The smallest absolute Gasteiger partial charge is 0.0906 e. The topological polar surface area (TPSA) is 6.48 Å². The summed E-state index contributed by atoms with van der Waals surface area (Å²) in [4.78, 5) is 5.09. The number of benzene rings is 4. The van der Waals surface area contributed by atoms with E-state index in [9.17, 15) is 0 Å². The molecule has 0 N–H and O–H groups in total. The Labute approximate surface area is 210 Å². The van der Waals surface area contributed by atoms with Crippen molar-refractivity contribution in [1.82, 2.24) is 9.80 Å². The Hall–Kier alpha value is -3.26. The molecule has 180 valence electrons. The molecular weight excluding hydrogens is 424 g/mol. The van der Waals surface area contributed by atoms with Crippen molar-refractivity contribution in [2.75, 3.05) is 6.67 Å². The monoisotopic (exact) mass is 462 g/mol. The lowest BCUT2D eigenvalue weighted by molar-refractivity contribution is 0.0761. The zero-order valence-corrected chi connectivity index (χ0v) is 22.0. The van der Waals surface area contributed by atoms with E-state index in [2.05, 4.69) is 149 Å².